The van der Waals surface area contributed by atoms with Crippen molar-refractivity contribution in [1.82, 2.24) is 4.98 Å². The van der Waals surface area contributed by atoms with E-state index in [0.29, 0.717) is 0 Å². The molecule has 5 heteroatoms. The Labute approximate surface area is 117 Å². The second-order valence-electron chi connectivity index (χ2n) is 4.24. The third-order valence-corrected chi connectivity index (χ3v) is 4.32. The summed E-state index contributed by atoms with van der Waals surface area (Å²) in [4.78, 5) is 3.45. The van der Waals surface area contributed by atoms with E-state index in [9.17, 15) is 13.2 Å². The molecule has 0 aliphatic carbocycles. The van der Waals surface area contributed by atoms with E-state index in [1.54, 1.807) is 24.5 Å². The Hall–Kier alpha value is -1.36. The fourth-order valence-electron chi connectivity index (χ4n) is 1.86. The van der Waals surface area contributed by atoms with Crippen molar-refractivity contribution in [3.8, 4) is 0 Å². The third kappa shape index (κ3) is 2.81. The van der Waals surface area contributed by atoms with E-state index in [1.165, 1.54) is 6.07 Å². The number of aromatic nitrogens is 1. The molecule has 0 spiro atoms. The van der Waals surface area contributed by atoms with Crippen LogP contribution in [0.3, 0.4) is 0 Å². The van der Waals surface area contributed by atoms with Crippen molar-refractivity contribution < 1.29 is 13.2 Å². The highest BCUT2D eigenvalue weighted by atomic mass is 79.9. The zero-order valence-corrected chi connectivity index (χ0v) is 11.7. The van der Waals surface area contributed by atoms with Crippen LogP contribution in [0.25, 0.3) is 0 Å². The first kappa shape index (κ1) is 14.1. The molecule has 2 atom stereocenters. The predicted octanol–water partition coefficient (Wildman–Crippen LogP) is 4.74. The number of rotatable bonds is 3. The van der Waals surface area contributed by atoms with Crippen LogP contribution in [-0.4, -0.2) is 4.98 Å². The highest BCUT2D eigenvalue weighted by Gasteiger charge is 2.24. The summed E-state index contributed by atoms with van der Waals surface area (Å²) in [7, 11) is 0. The Kier molecular flexibility index (Phi) is 4.24. The molecule has 0 fully saturated rings. The number of benzene rings is 1. The van der Waals surface area contributed by atoms with Crippen LogP contribution in [0.5, 0.6) is 0 Å². The monoisotopic (exact) mass is 329 g/mol. The smallest absolute Gasteiger partial charge is 0.194 e. The molecule has 0 N–H and O–H groups in total. The molecule has 0 saturated carbocycles. The third-order valence-electron chi connectivity index (χ3n) is 3.03. The quantitative estimate of drug-likeness (QED) is 0.585. The maximum absolute atomic E-state index is 13.7. The van der Waals surface area contributed by atoms with Gasteiger partial charge in [-0.25, -0.2) is 13.2 Å². The Balaban J connectivity index is 2.35. The maximum atomic E-state index is 13.7. The lowest BCUT2D eigenvalue weighted by Crippen LogP contribution is -2.06. The Morgan fingerprint density at radius 2 is 1.63 bits per heavy atom. The summed E-state index contributed by atoms with van der Waals surface area (Å²) < 4.78 is 39.9. The van der Waals surface area contributed by atoms with Gasteiger partial charge in [-0.3, -0.25) is 4.98 Å². The zero-order chi connectivity index (χ0) is 14.0. The topological polar surface area (TPSA) is 12.9 Å². The van der Waals surface area contributed by atoms with Gasteiger partial charge in [0.1, 0.15) is 0 Å². The van der Waals surface area contributed by atoms with Gasteiger partial charge in [0, 0.05) is 22.8 Å². The van der Waals surface area contributed by atoms with Crippen molar-refractivity contribution in [3.05, 3.63) is 65.2 Å². The van der Waals surface area contributed by atoms with E-state index in [4.69, 9.17) is 0 Å². The van der Waals surface area contributed by atoms with Crippen molar-refractivity contribution in [1.29, 1.82) is 0 Å². The van der Waals surface area contributed by atoms with Crippen LogP contribution in [0.1, 0.15) is 28.8 Å². The summed E-state index contributed by atoms with van der Waals surface area (Å²) in [5, 5.41) is 0. The number of alkyl halides is 1. The van der Waals surface area contributed by atoms with Crippen molar-refractivity contribution in [2.75, 3.05) is 0 Å². The molecule has 0 aliphatic rings. The molecule has 19 heavy (non-hydrogen) atoms. The number of halogens is 4. The molecule has 100 valence electrons. The largest absolute Gasteiger partial charge is 0.265 e. The van der Waals surface area contributed by atoms with Crippen molar-refractivity contribution in [2.45, 2.75) is 17.7 Å². The summed E-state index contributed by atoms with van der Waals surface area (Å²) in [5.41, 5.74) is 1.03. The summed E-state index contributed by atoms with van der Waals surface area (Å²) >= 11 is 3.35. The Bertz CT molecular complexity index is 574. The lowest BCUT2D eigenvalue weighted by atomic mass is 9.94. The van der Waals surface area contributed by atoms with Gasteiger partial charge in [-0.15, -0.1) is 0 Å². The number of hydrogen-bond donors (Lipinski definition) is 0. The average molecular weight is 330 g/mol. The standard InChI is InChI=1S/C14H11BrF3N/c1-8(9-4-6-19-7-5-9)12(15)10-2-3-11(16)14(18)13(10)17/h2-8,12H,1H3. The molecule has 0 radical (unpaired) electrons. The first-order chi connectivity index (χ1) is 9.02. The zero-order valence-electron chi connectivity index (χ0n) is 10.1. The van der Waals surface area contributed by atoms with Crippen LogP contribution in [0.2, 0.25) is 0 Å². The van der Waals surface area contributed by atoms with Gasteiger partial charge in [0.2, 0.25) is 0 Å². The fraction of sp³-hybridized carbons (Fsp3) is 0.214. The summed E-state index contributed by atoms with van der Waals surface area (Å²) in [6.07, 6.45) is 3.26. The molecule has 1 heterocycles. The molecular formula is C14H11BrF3N. The van der Waals surface area contributed by atoms with Gasteiger partial charge in [0.15, 0.2) is 17.5 Å². The molecule has 2 rings (SSSR count). The van der Waals surface area contributed by atoms with Crippen LogP contribution in [0, 0.1) is 17.5 Å². The lowest BCUT2D eigenvalue weighted by molar-refractivity contribution is 0.439. The normalized spacial score (nSPS) is 14.2. The first-order valence-corrected chi connectivity index (χ1v) is 6.61. The van der Waals surface area contributed by atoms with Gasteiger partial charge in [-0.1, -0.05) is 28.9 Å². The van der Waals surface area contributed by atoms with Crippen LogP contribution in [0.15, 0.2) is 36.7 Å². The van der Waals surface area contributed by atoms with Gasteiger partial charge >= 0.3 is 0 Å². The first-order valence-electron chi connectivity index (χ1n) is 5.69. The number of nitrogens with zero attached hydrogens (tertiary/aromatic N) is 1. The van der Waals surface area contributed by atoms with Gasteiger partial charge in [-0.05, 0) is 29.7 Å². The van der Waals surface area contributed by atoms with E-state index in [1.807, 2.05) is 6.92 Å². The summed E-state index contributed by atoms with van der Waals surface area (Å²) in [5.74, 6) is -3.88. The minimum Gasteiger partial charge on any atom is -0.265 e. The molecule has 0 aliphatic heterocycles. The van der Waals surface area contributed by atoms with Crippen LogP contribution < -0.4 is 0 Å². The molecule has 0 bridgehead atoms. The summed E-state index contributed by atoms with van der Waals surface area (Å²) in [6.45, 7) is 1.87. The fourth-order valence-corrected chi connectivity index (χ4v) is 2.52. The predicted molar refractivity (Wildman–Crippen MR) is 70.6 cm³/mol. The maximum Gasteiger partial charge on any atom is 0.194 e. The lowest BCUT2D eigenvalue weighted by Gasteiger charge is -2.19. The molecule has 0 amide bonds. The van der Waals surface area contributed by atoms with E-state index in [2.05, 4.69) is 20.9 Å². The second-order valence-corrected chi connectivity index (χ2v) is 5.22. The van der Waals surface area contributed by atoms with Crippen LogP contribution in [-0.2, 0) is 0 Å². The van der Waals surface area contributed by atoms with E-state index < -0.39 is 22.3 Å². The minimum absolute atomic E-state index is 0.100. The highest BCUT2D eigenvalue weighted by molar-refractivity contribution is 9.09. The molecular weight excluding hydrogens is 319 g/mol. The van der Waals surface area contributed by atoms with Gasteiger partial charge in [-0.2, -0.15) is 0 Å². The SMILES string of the molecule is CC(c1ccncc1)C(Br)c1ccc(F)c(F)c1F. The molecule has 2 aromatic rings. The van der Waals surface area contributed by atoms with Gasteiger partial charge < -0.3 is 0 Å². The molecule has 1 aromatic carbocycles. The van der Waals surface area contributed by atoms with Crippen molar-refractivity contribution in [2.24, 2.45) is 0 Å². The Morgan fingerprint density at radius 1 is 1.00 bits per heavy atom. The molecule has 1 nitrogen and oxygen atoms in total. The van der Waals surface area contributed by atoms with Gasteiger partial charge in [0.05, 0.1) is 0 Å². The minimum atomic E-state index is -1.44. The molecule has 2 unspecified atom stereocenters. The second kappa shape index (κ2) is 5.74. The molecule has 1 aromatic heterocycles. The Morgan fingerprint density at radius 3 is 2.26 bits per heavy atom. The van der Waals surface area contributed by atoms with Crippen molar-refractivity contribution >= 4 is 15.9 Å². The molecule has 0 saturated heterocycles. The van der Waals surface area contributed by atoms with Gasteiger partial charge in [0.25, 0.3) is 0 Å². The van der Waals surface area contributed by atoms with E-state index in [-0.39, 0.29) is 11.5 Å². The highest BCUT2D eigenvalue weighted by Crippen LogP contribution is 2.39. The van der Waals surface area contributed by atoms with Crippen molar-refractivity contribution in [3.63, 3.8) is 0 Å². The average Bonchev–Trinajstić information content (AvgIpc) is 2.44. The van der Waals surface area contributed by atoms with E-state index >= 15 is 0 Å². The van der Waals surface area contributed by atoms with Crippen LogP contribution >= 0.6 is 15.9 Å². The van der Waals surface area contributed by atoms with E-state index in [0.717, 1.165) is 11.6 Å². The summed E-state index contributed by atoms with van der Waals surface area (Å²) in [6, 6.07) is 5.79. The number of hydrogen-bond acceptors (Lipinski definition) is 1. The number of pyridine rings is 1. The van der Waals surface area contributed by atoms with Crippen LogP contribution in [0.4, 0.5) is 13.2 Å².